The monoisotopic (exact) mass is 214 g/mol. The first-order chi connectivity index (χ1) is 7.27. The predicted octanol–water partition coefficient (Wildman–Crippen LogP) is 2.25. The molecule has 15 heavy (non-hydrogen) atoms. The average molecular weight is 214 g/mol. The van der Waals surface area contributed by atoms with Crippen molar-refractivity contribution in [1.82, 2.24) is 0 Å². The van der Waals surface area contributed by atoms with Crippen LogP contribution in [-0.2, 0) is 9.47 Å². The van der Waals surface area contributed by atoms with Gasteiger partial charge >= 0.3 is 0 Å². The molecule has 0 bridgehead atoms. The lowest BCUT2D eigenvalue weighted by Gasteiger charge is -2.29. The van der Waals surface area contributed by atoms with Crippen LogP contribution in [0.2, 0.25) is 0 Å². The number of ether oxygens (including phenoxy) is 2. The third-order valence-electron chi connectivity index (χ3n) is 2.71. The van der Waals surface area contributed by atoms with Crippen LogP contribution in [0.1, 0.15) is 39.0 Å². The summed E-state index contributed by atoms with van der Waals surface area (Å²) in [5.41, 5.74) is 0. The summed E-state index contributed by atoms with van der Waals surface area (Å²) in [4.78, 5) is 0. The number of hydrogen-bond acceptors (Lipinski definition) is 3. The largest absolute Gasteiger partial charge is 0.390 e. The highest BCUT2D eigenvalue weighted by Gasteiger charge is 2.23. The number of hydrogen-bond donors (Lipinski definition) is 1. The lowest BCUT2D eigenvalue weighted by Crippen LogP contribution is -2.34. The Morgan fingerprint density at radius 2 is 2.40 bits per heavy atom. The van der Waals surface area contributed by atoms with Crippen molar-refractivity contribution in [3.63, 3.8) is 0 Å². The summed E-state index contributed by atoms with van der Waals surface area (Å²) < 4.78 is 11.2. The normalized spacial score (nSPS) is 25.9. The summed E-state index contributed by atoms with van der Waals surface area (Å²) in [5, 5.41) is 9.75. The van der Waals surface area contributed by atoms with E-state index in [0.29, 0.717) is 12.8 Å². The Labute approximate surface area is 92.1 Å². The first-order valence-electron chi connectivity index (χ1n) is 5.84. The Kier molecular flexibility index (Phi) is 5.91. The molecule has 1 aliphatic heterocycles. The minimum Gasteiger partial charge on any atom is -0.390 e. The zero-order valence-electron chi connectivity index (χ0n) is 9.52. The molecule has 3 nitrogen and oxygen atoms in total. The summed E-state index contributed by atoms with van der Waals surface area (Å²) in [7, 11) is 0. The van der Waals surface area contributed by atoms with Gasteiger partial charge in [0.25, 0.3) is 0 Å². The second-order valence-electron chi connectivity index (χ2n) is 3.97. The summed E-state index contributed by atoms with van der Waals surface area (Å²) in [6.45, 7) is 6.40. The molecule has 1 N–H and O–H groups in total. The molecule has 3 atom stereocenters. The molecular formula is C12H22O3. The molecule has 3 heteroatoms. The summed E-state index contributed by atoms with van der Waals surface area (Å²) in [6.07, 6.45) is 5.63. The molecule has 0 saturated carbocycles. The highest BCUT2D eigenvalue weighted by Crippen LogP contribution is 2.19. The first-order valence-corrected chi connectivity index (χ1v) is 5.84. The van der Waals surface area contributed by atoms with Gasteiger partial charge in [-0.1, -0.05) is 13.0 Å². The van der Waals surface area contributed by atoms with Gasteiger partial charge in [0.05, 0.1) is 12.2 Å². The maximum Gasteiger partial charge on any atom is 0.158 e. The van der Waals surface area contributed by atoms with Crippen molar-refractivity contribution in [3.8, 4) is 0 Å². The van der Waals surface area contributed by atoms with Crippen LogP contribution in [0.3, 0.4) is 0 Å². The van der Waals surface area contributed by atoms with Gasteiger partial charge in [-0.3, -0.25) is 0 Å². The number of rotatable bonds is 6. The molecule has 1 rings (SSSR count). The first kappa shape index (κ1) is 12.7. The van der Waals surface area contributed by atoms with E-state index >= 15 is 0 Å². The van der Waals surface area contributed by atoms with E-state index in [9.17, 15) is 5.11 Å². The second kappa shape index (κ2) is 6.99. The van der Waals surface area contributed by atoms with Gasteiger partial charge in [0, 0.05) is 6.61 Å². The van der Waals surface area contributed by atoms with Crippen molar-refractivity contribution >= 4 is 0 Å². The SMILES string of the molecule is C=CC[C@@H](OC1CCCCO1)[C@@H](O)CC. The molecule has 0 aromatic rings. The van der Waals surface area contributed by atoms with Crippen LogP contribution in [0.5, 0.6) is 0 Å². The molecule has 0 radical (unpaired) electrons. The van der Waals surface area contributed by atoms with Gasteiger partial charge < -0.3 is 14.6 Å². The van der Waals surface area contributed by atoms with E-state index in [1.807, 2.05) is 6.92 Å². The van der Waals surface area contributed by atoms with Crippen molar-refractivity contribution in [2.45, 2.75) is 57.5 Å². The molecule has 1 heterocycles. The van der Waals surface area contributed by atoms with Crippen molar-refractivity contribution in [3.05, 3.63) is 12.7 Å². The molecule has 0 aliphatic carbocycles. The van der Waals surface area contributed by atoms with Gasteiger partial charge in [-0.25, -0.2) is 0 Å². The van der Waals surface area contributed by atoms with E-state index < -0.39 is 6.10 Å². The predicted molar refractivity (Wildman–Crippen MR) is 59.6 cm³/mol. The Bertz CT molecular complexity index is 176. The van der Waals surface area contributed by atoms with Crippen LogP contribution in [0, 0.1) is 0 Å². The van der Waals surface area contributed by atoms with Crippen molar-refractivity contribution in [1.29, 1.82) is 0 Å². The fraction of sp³-hybridized carbons (Fsp3) is 0.833. The Hall–Kier alpha value is -0.380. The van der Waals surface area contributed by atoms with Crippen LogP contribution in [-0.4, -0.2) is 30.2 Å². The van der Waals surface area contributed by atoms with Gasteiger partial charge in [-0.15, -0.1) is 6.58 Å². The highest BCUT2D eigenvalue weighted by atomic mass is 16.7. The maximum absolute atomic E-state index is 9.75. The van der Waals surface area contributed by atoms with Crippen molar-refractivity contribution in [2.75, 3.05) is 6.61 Å². The smallest absolute Gasteiger partial charge is 0.158 e. The van der Waals surface area contributed by atoms with Gasteiger partial charge in [-0.05, 0) is 32.1 Å². The molecule has 0 spiro atoms. The lowest BCUT2D eigenvalue weighted by molar-refractivity contribution is -0.205. The van der Waals surface area contributed by atoms with Crippen molar-refractivity contribution < 1.29 is 14.6 Å². The molecular weight excluding hydrogens is 192 g/mol. The van der Waals surface area contributed by atoms with Crippen LogP contribution < -0.4 is 0 Å². The zero-order valence-corrected chi connectivity index (χ0v) is 9.52. The third kappa shape index (κ3) is 4.33. The quantitative estimate of drug-likeness (QED) is 0.689. The van der Waals surface area contributed by atoms with Crippen LogP contribution in [0.15, 0.2) is 12.7 Å². The highest BCUT2D eigenvalue weighted by molar-refractivity contribution is 4.79. The van der Waals surface area contributed by atoms with Crippen LogP contribution in [0.4, 0.5) is 0 Å². The summed E-state index contributed by atoms with van der Waals surface area (Å²) >= 11 is 0. The van der Waals surface area contributed by atoms with Crippen LogP contribution >= 0.6 is 0 Å². The van der Waals surface area contributed by atoms with Gasteiger partial charge in [0.1, 0.15) is 0 Å². The third-order valence-corrected chi connectivity index (χ3v) is 2.71. The molecule has 0 aromatic heterocycles. The molecule has 88 valence electrons. The van der Waals surface area contributed by atoms with E-state index in [1.54, 1.807) is 6.08 Å². The molecule has 1 saturated heterocycles. The van der Waals surface area contributed by atoms with Gasteiger partial charge in [0.15, 0.2) is 6.29 Å². The molecule has 1 aliphatic rings. The topological polar surface area (TPSA) is 38.7 Å². The minimum absolute atomic E-state index is 0.134. The summed E-state index contributed by atoms with van der Waals surface area (Å²) in [6, 6.07) is 0. The van der Waals surface area contributed by atoms with Crippen LogP contribution in [0.25, 0.3) is 0 Å². The maximum atomic E-state index is 9.75. The second-order valence-corrected chi connectivity index (χ2v) is 3.97. The fourth-order valence-electron chi connectivity index (χ4n) is 1.74. The Morgan fingerprint density at radius 1 is 1.60 bits per heavy atom. The molecule has 0 aromatic carbocycles. The van der Waals surface area contributed by atoms with E-state index in [0.717, 1.165) is 25.9 Å². The van der Waals surface area contributed by atoms with Gasteiger partial charge in [-0.2, -0.15) is 0 Å². The van der Waals surface area contributed by atoms with E-state index in [1.165, 1.54) is 0 Å². The zero-order chi connectivity index (χ0) is 11.1. The fourth-order valence-corrected chi connectivity index (χ4v) is 1.74. The van der Waals surface area contributed by atoms with Crippen molar-refractivity contribution in [2.24, 2.45) is 0 Å². The van der Waals surface area contributed by atoms with E-state index in [4.69, 9.17) is 9.47 Å². The van der Waals surface area contributed by atoms with E-state index in [2.05, 4.69) is 6.58 Å². The molecule has 0 amide bonds. The molecule has 1 unspecified atom stereocenters. The Morgan fingerprint density at radius 3 is 2.93 bits per heavy atom. The Balaban J connectivity index is 2.37. The summed E-state index contributed by atoms with van der Waals surface area (Å²) in [5.74, 6) is 0. The number of aliphatic hydroxyl groups excluding tert-OH is 1. The average Bonchev–Trinajstić information content (AvgIpc) is 2.29. The van der Waals surface area contributed by atoms with Gasteiger partial charge in [0.2, 0.25) is 0 Å². The standard InChI is InChI=1S/C12H22O3/c1-3-7-11(10(13)4-2)15-12-8-5-6-9-14-12/h3,10-13H,1,4-9H2,2H3/t10-,11+,12?/m0/s1. The minimum atomic E-state index is -0.423. The van der Waals surface area contributed by atoms with E-state index in [-0.39, 0.29) is 12.4 Å². The number of aliphatic hydroxyl groups is 1. The molecule has 1 fully saturated rings. The lowest BCUT2D eigenvalue weighted by atomic mass is 10.1.